The molecular weight excluding hydrogens is 238 g/mol. The highest BCUT2D eigenvalue weighted by molar-refractivity contribution is 5.63. The van der Waals surface area contributed by atoms with E-state index in [0.29, 0.717) is 0 Å². The number of aryl methyl sites for hydroxylation is 2. The summed E-state index contributed by atoms with van der Waals surface area (Å²) in [5.74, 6) is 0.828. The fourth-order valence-corrected chi connectivity index (χ4v) is 2.17. The van der Waals surface area contributed by atoms with Crippen LogP contribution in [-0.2, 0) is 6.54 Å². The summed E-state index contributed by atoms with van der Waals surface area (Å²) in [4.78, 5) is 0. The molecule has 1 aromatic carbocycles. The monoisotopic (exact) mass is 259 g/mol. The predicted molar refractivity (Wildman–Crippen MR) is 76.5 cm³/mol. The summed E-state index contributed by atoms with van der Waals surface area (Å²) in [7, 11) is 0. The summed E-state index contributed by atoms with van der Waals surface area (Å²) < 4.78 is 1.88. The van der Waals surface area contributed by atoms with Gasteiger partial charge < -0.3 is 5.73 Å². The van der Waals surface area contributed by atoms with Crippen LogP contribution in [-0.4, -0.2) is 20.2 Å². The van der Waals surface area contributed by atoms with Gasteiger partial charge in [0.25, 0.3) is 0 Å². The molecule has 0 aliphatic carbocycles. The molecule has 0 fully saturated rings. The van der Waals surface area contributed by atoms with Gasteiger partial charge in [-0.25, -0.2) is 4.68 Å². The average Bonchev–Trinajstić information content (AvgIpc) is 2.83. The van der Waals surface area contributed by atoms with Crippen LogP contribution in [0, 0.1) is 6.92 Å². The van der Waals surface area contributed by atoms with Crippen LogP contribution in [0.3, 0.4) is 0 Å². The molecule has 2 aromatic rings. The highest BCUT2D eigenvalue weighted by Crippen LogP contribution is 2.22. The first-order valence-corrected chi connectivity index (χ1v) is 6.85. The Bertz CT molecular complexity index is 532. The molecule has 0 amide bonds. The molecule has 0 radical (unpaired) electrons. The standard InChI is InChI=1S/C14H21N5/c1-3-4-5-6-9-19-14(16-17-18-19)13-8-7-12(15)10-11(13)2/h7-8,10H,3-6,9,15H2,1-2H3. The van der Waals surface area contributed by atoms with Gasteiger partial charge >= 0.3 is 0 Å². The molecule has 0 aliphatic rings. The van der Waals surface area contributed by atoms with E-state index in [1.54, 1.807) is 0 Å². The number of nitrogens with two attached hydrogens (primary N) is 1. The van der Waals surface area contributed by atoms with Crippen molar-refractivity contribution in [2.75, 3.05) is 5.73 Å². The number of hydrogen-bond donors (Lipinski definition) is 1. The number of aromatic nitrogens is 4. The first kappa shape index (κ1) is 13.5. The molecule has 1 aromatic heterocycles. The number of anilines is 1. The number of hydrogen-bond acceptors (Lipinski definition) is 4. The van der Waals surface area contributed by atoms with Crippen molar-refractivity contribution in [2.24, 2.45) is 0 Å². The molecule has 2 rings (SSSR count). The van der Waals surface area contributed by atoms with Crippen LogP contribution < -0.4 is 5.73 Å². The maximum absolute atomic E-state index is 5.77. The Hall–Kier alpha value is -1.91. The second-order valence-corrected chi connectivity index (χ2v) is 4.86. The van der Waals surface area contributed by atoms with Crippen molar-refractivity contribution in [1.29, 1.82) is 0 Å². The van der Waals surface area contributed by atoms with Crippen LogP contribution in [0.1, 0.15) is 38.2 Å². The van der Waals surface area contributed by atoms with Gasteiger partial charge in [0.2, 0.25) is 0 Å². The fraction of sp³-hybridized carbons (Fsp3) is 0.500. The van der Waals surface area contributed by atoms with Gasteiger partial charge in [-0.2, -0.15) is 0 Å². The van der Waals surface area contributed by atoms with Crippen molar-refractivity contribution >= 4 is 5.69 Å². The van der Waals surface area contributed by atoms with Crippen LogP contribution in [0.2, 0.25) is 0 Å². The summed E-state index contributed by atoms with van der Waals surface area (Å²) in [6.07, 6.45) is 4.83. The number of nitrogen functional groups attached to an aromatic ring is 1. The molecule has 2 N–H and O–H groups in total. The van der Waals surface area contributed by atoms with Crippen molar-refractivity contribution in [2.45, 2.75) is 46.1 Å². The lowest BCUT2D eigenvalue weighted by molar-refractivity contribution is 0.531. The maximum atomic E-state index is 5.77. The van der Waals surface area contributed by atoms with E-state index in [0.717, 1.165) is 35.6 Å². The fourth-order valence-electron chi connectivity index (χ4n) is 2.17. The van der Waals surface area contributed by atoms with Gasteiger partial charge in [-0.15, -0.1) is 5.10 Å². The molecule has 0 saturated carbocycles. The second kappa shape index (κ2) is 6.31. The Kier molecular flexibility index (Phi) is 4.49. The van der Waals surface area contributed by atoms with Crippen molar-refractivity contribution in [3.8, 4) is 11.4 Å². The summed E-state index contributed by atoms with van der Waals surface area (Å²) in [5, 5.41) is 12.0. The maximum Gasteiger partial charge on any atom is 0.182 e. The molecule has 102 valence electrons. The largest absolute Gasteiger partial charge is 0.399 e. The van der Waals surface area contributed by atoms with Crippen LogP contribution in [0.5, 0.6) is 0 Å². The average molecular weight is 259 g/mol. The summed E-state index contributed by atoms with van der Waals surface area (Å²) in [5.41, 5.74) is 8.69. The third-order valence-corrected chi connectivity index (χ3v) is 3.25. The van der Waals surface area contributed by atoms with Gasteiger partial charge in [-0.3, -0.25) is 0 Å². The van der Waals surface area contributed by atoms with Crippen molar-refractivity contribution in [1.82, 2.24) is 20.2 Å². The smallest absolute Gasteiger partial charge is 0.182 e. The molecule has 0 atom stereocenters. The zero-order valence-electron chi connectivity index (χ0n) is 11.6. The van der Waals surface area contributed by atoms with Gasteiger partial charge in [-0.1, -0.05) is 26.2 Å². The van der Waals surface area contributed by atoms with Gasteiger partial charge in [0.1, 0.15) is 0 Å². The molecule has 1 heterocycles. The number of nitrogens with zero attached hydrogens (tertiary/aromatic N) is 4. The Morgan fingerprint density at radius 3 is 2.79 bits per heavy atom. The van der Waals surface area contributed by atoms with Crippen LogP contribution in [0.15, 0.2) is 18.2 Å². The van der Waals surface area contributed by atoms with Gasteiger partial charge in [0.05, 0.1) is 0 Å². The first-order valence-electron chi connectivity index (χ1n) is 6.85. The molecule has 0 unspecified atom stereocenters. The molecule has 5 nitrogen and oxygen atoms in total. The lowest BCUT2D eigenvalue weighted by atomic mass is 10.1. The van der Waals surface area contributed by atoms with Crippen LogP contribution in [0.25, 0.3) is 11.4 Å². The zero-order chi connectivity index (χ0) is 13.7. The van der Waals surface area contributed by atoms with Crippen molar-refractivity contribution in [3.05, 3.63) is 23.8 Å². The molecule has 5 heteroatoms. The van der Waals surface area contributed by atoms with Crippen LogP contribution in [0.4, 0.5) is 5.69 Å². The van der Waals surface area contributed by atoms with Crippen molar-refractivity contribution < 1.29 is 0 Å². The van der Waals surface area contributed by atoms with E-state index in [4.69, 9.17) is 5.73 Å². The quantitative estimate of drug-likeness (QED) is 0.639. The topological polar surface area (TPSA) is 69.6 Å². The van der Waals surface area contributed by atoms with Gasteiger partial charge in [-0.05, 0) is 47.5 Å². The van der Waals surface area contributed by atoms with E-state index in [1.165, 1.54) is 19.3 Å². The lowest BCUT2D eigenvalue weighted by Gasteiger charge is -2.07. The summed E-state index contributed by atoms with van der Waals surface area (Å²) in [6.45, 7) is 5.11. The van der Waals surface area contributed by atoms with E-state index >= 15 is 0 Å². The molecule has 0 bridgehead atoms. The van der Waals surface area contributed by atoms with E-state index < -0.39 is 0 Å². The molecule has 19 heavy (non-hydrogen) atoms. The SMILES string of the molecule is CCCCCCn1nnnc1-c1ccc(N)cc1C. The molecular formula is C14H21N5. The minimum absolute atomic E-state index is 0.767. The lowest BCUT2D eigenvalue weighted by Crippen LogP contribution is -2.04. The normalized spacial score (nSPS) is 10.8. The molecule has 0 spiro atoms. The third-order valence-electron chi connectivity index (χ3n) is 3.25. The van der Waals surface area contributed by atoms with Crippen molar-refractivity contribution in [3.63, 3.8) is 0 Å². The van der Waals surface area contributed by atoms with Gasteiger partial charge in [0.15, 0.2) is 5.82 Å². The predicted octanol–water partition coefficient (Wildman–Crippen LogP) is 2.81. The molecule has 0 saturated heterocycles. The second-order valence-electron chi connectivity index (χ2n) is 4.86. The number of benzene rings is 1. The Balaban J connectivity index is 2.14. The Morgan fingerprint density at radius 1 is 1.21 bits per heavy atom. The highest BCUT2D eigenvalue weighted by Gasteiger charge is 2.11. The Labute approximate surface area is 113 Å². The summed E-state index contributed by atoms with van der Waals surface area (Å²) >= 11 is 0. The van der Waals surface area contributed by atoms with Crippen LogP contribution >= 0.6 is 0 Å². The van der Waals surface area contributed by atoms with E-state index in [9.17, 15) is 0 Å². The summed E-state index contributed by atoms with van der Waals surface area (Å²) in [6, 6.07) is 5.82. The Morgan fingerprint density at radius 2 is 2.05 bits per heavy atom. The first-order chi connectivity index (χ1) is 9.22. The number of tetrazole rings is 1. The number of rotatable bonds is 6. The molecule has 0 aliphatic heterocycles. The minimum Gasteiger partial charge on any atom is -0.399 e. The van der Waals surface area contributed by atoms with E-state index in [2.05, 4.69) is 22.4 Å². The highest BCUT2D eigenvalue weighted by atomic mass is 15.5. The van der Waals surface area contributed by atoms with E-state index in [-0.39, 0.29) is 0 Å². The van der Waals surface area contributed by atoms with Gasteiger partial charge in [0, 0.05) is 17.8 Å². The number of unbranched alkanes of at least 4 members (excludes halogenated alkanes) is 3. The third kappa shape index (κ3) is 3.30. The minimum atomic E-state index is 0.767. The zero-order valence-corrected chi connectivity index (χ0v) is 11.6. The van der Waals surface area contributed by atoms with E-state index in [1.807, 2.05) is 29.8 Å².